The van der Waals surface area contributed by atoms with Gasteiger partial charge < -0.3 is 5.73 Å². The van der Waals surface area contributed by atoms with Crippen LogP contribution in [0.3, 0.4) is 0 Å². The standard InChI is InChI=1S/C23H21NO2/c24-21(25)16-20(17-10-4-1-5-11-17)22(18-12-6-2-7-13-18)23(26)19-14-8-3-9-15-19/h1-15,20,22H,16H2,(H2,24,25). The third-order valence-corrected chi connectivity index (χ3v) is 4.55. The van der Waals surface area contributed by atoms with E-state index in [0.29, 0.717) is 5.56 Å². The minimum Gasteiger partial charge on any atom is -0.370 e. The van der Waals surface area contributed by atoms with Crippen LogP contribution in [-0.2, 0) is 4.79 Å². The van der Waals surface area contributed by atoms with Crippen LogP contribution in [0.1, 0.15) is 39.7 Å². The van der Waals surface area contributed by atoms with Gasteiger partial charge in [0.25, 0.3) is 0 Å². The molecule has 26 heavy (non-hydrogen) atoms. The highest BCUT2D eigenvalue weighted by Gasteiger charge is 2.32. The Labute approximate surface area is 153 Å². The van der Waals surface area contributed by atoms with Crippen LogP contribution in [0.2, 0.25) is 0 Å². The number of Topliss-reactive ketones (excluding diaryl/α,β-unsaturated/α-hetero) is 1. The Hall–Kier alpha value is -3.20. The zero-order valence-corrected chi connectivity index (χ0v) is 14.4. The van der Waals surface area contributed by atoms with Gasteiger partial charge in [0.05, 0.1) is 5.92 Å². The molecule has 1 amide bonds. The molecule has 3 rings (SSSR count). The third kappa shape index (κ3) is 4.06. The molecule has 3 heteroatoms. The zero-order chi connectivity index (χ0) is 18.4. The van der Waals surface area contributed by atoms with Gasteiger partial charge in [-0.15, -0.1) is 0 Å². The summed E-state index contributed by atoms with van der Waals surface area (Å²) in [7, 11) is 0. The molecule has 3 aromatic rings. The lowest BCUT2D eigenvalue weighted by atomic mass is 9.75. The molecule has 3 nitrogen and oxygen atoms in total. The molecule has 2 unspecified atom stereocenters. The van der Waals surface area contributed by atoms with Gasteiger partial charge >= 0.3 is 0 Å². The number of ketones is 1. The first-order valence-corrected chi connectivity index (χ1v) is 8.64. The molecule has 0 aliphatic heterocycles. The maximum absolute atomic E-state index is 13.4. The normalized spacial score (nSPS) is 12.9. The van der Waals surface area contributed by atoms with Gasteiger partial charge in [-0.2, -0.15) is 0 Å². The predicted octanol–water partition coefficient (Wildman–Crippen LogP) is 4.31. The lowest BCUT2D eigenvalue weighted by Gasteiger charge is -2.26. The summed E-state index contributed by atoms with van der Waals surface area (Å²) < 4.78 is 0. The van der Waals surface area contributed by atoms with Crippen molar-refractivity contribution in [3.63, 3.8) is 0 Å². The van der Waals surface area contributed by atoms with Gasteiger partial charge in [0.2, 0.25) is 5.91 Å². The molecule has 0 aliphatic rings. The Kier molecular flexibility index (Phi) is 5.59. The van der Waals surface area contributed by atoms with Crippen LogP contribution >= 0.6 is 0 Å². The van der Waals surface area contributed by atoms with Gasteiger partial charge in [-0.05, 0) is 11.1 Å². The number of carbonyl (C=O) groups excluding carboxylic acids is 2. The van der Waals surface area contributed by atoms with E-state index in [9.17, 15) is 9.59 Å². The van der Waals surface area contributed by atoms with E-state index < -0.39 is 11.8 Å². The first-order valence-electron chi connectivity index (χ1n) is 8.64. The number of benzene rings is 3. The second-order valence-electron chi connectivity index (χ2n) is 6.31. The highest BCUT2D eigenvalue weighted by molar-refractivity contribution is 6.02. The van der Waals surface area contributed by atoms with E-state index in [0.717, 1.165) is 11.1 Å². The van der Waals surface area contributed by atoms with Gasteiger partial charge in [-0.3, -0.25) is 9.59 Å². The number of carbonyl (C=O) groups is 2. The number of hydrogen-bond donors (Lipinski definition) is 1. The van der Waals surface area contributed by atoms with Crippen LogP contribution in [0.25, 0.3) is 0 Å². The average molecular weight is 343 g/mol. The topological polar surface area (TPSA) is 60.2 Å². The van der Waals surface area contributed by atoms with Gasteiger partial charge in [0.15, 0.2) is 5.78 Å². The fourth-order valence-corrected chi connectivity index (χ4v) is 3.35. The molecule has 0 fully saturated rings. The Morgan fingerprint density at radius 2 is 1.15 bits per heavy atom. The lowest BCUT2D eigenvalue weighted by molar-refractivity contribution is -0.118. The first-order chi connectivity index (χ1) is 12.7. The van der Waals surface area contributed by atoms with Gasteiger partial charge in [-0.25, -0.2) is 0 Å². The number of amides is 1. The lowest BCUT2D eigenvalue weighted by Crippen LogP contribution is -2.25. The maximum Gasteiger partial charge on any atom is 0.218 e. The van der Waals surface area contributed by atoms with Crippen molar-refractivity contribution in [2.24, 2.45) is 5.73 Å². The van der Waals surface area contributed by atoms with Crippen molar-refractivity contribution in [2.75, 3.05) is 0 Å². The number of hydrogen-bond acceptors (Lipinski definition) is 2. The Morgan fingerprint density at radius 3 is 1.65 bits per heavy atom. The van der Waals surface area contributed by atoms with Crippen LogP contribution in [0.15, 0.2) is 91.0 Å². The van der Waals surface area contributed by atoms with Crippen molar-refractivity contribution >= 4 is 11.7 Å². The van der Waals surface area contributed by atoms with Gasteiger partial charge in [-0.1, -0.05) is 91.0 Å². The summed E-state index contributed by atoms with van der Waals surface area (Å²) in [5.41, 5.74) is 7.99. The van der Waals surface area contributed by atoms with E-state index in [1.165, 1.54) is 0 Å². The summed E-state index contributed by atoms with van der Waals surface area (Å²) >= 11 is 0. The van der Waals surface area contributed by atoms with Crippen molar-refractivity contribution < 1.29 is 9.59 Å². The van der Waals surface area contributed by atoms with E-state index in [1.54, 1.807) is 0 Å². The van der Waals surface area contributed by atoms with Crippen LogP contribution in [0.5, 0.6) is 0 Å². The van der Waals surface area contributed by atoms with E-state index >= 15 is 0 Å². The van der Waals surface area contributed by atoms with Crippen molar-refractivity contribution in [3.8, 4) is 0 Å². The molecule has 0 aliphatic carbocycles. The van der Waals surface area contributed by atoms with Crippen LogP contribution in [0.4, 0.5) is 0 Å². The van der Waals surface area contributed by atoms with E-state index in [2.05, 4.69) is 0 Å². The molecule has 0 saturated heterocycles. The summed E-state index contributed by atoms with van der Waals surface area (Å²) in [6.45, 7) is 0. The smallest absolute Gasteiger partial charge is 0.218 e. The molecule has 0 heterocycles. The quantitative estimate of drug-likeness (QED) is 0.650. The van der Waals surface area contributed by atoms with Crippen LogP contribution in [-0.4, -0.2) is 11.7 Å². The van der Waals surface area contributed by atoms with E-state index in [1.807, 2.05) is 91.0 Å². The number of primary amides is 1. The van der Waals surface area contributed by atoms with Gasteiger partial charge in [0, 0.05) is 17.9 Å². The molecule has 3 aromatic carbocycles. The third-order valence-electron chi connectivity index (χ3n) is 4.55. The van der Waals surface area contributed by atoms with Crippen molar-refractivity contribution in [1.29, 1.82) is 0 Å². The summed E-state index contributed by atoms with van der Waals surface area (Å²) in [6, 6.07) is 28.4. The molecular formula is C23H21NO2. The molecule has 0 bridgehead atoms. The number of rotatable bonds is 7. The van der Waals surface area contributed by atoms with Crippen molar-refractivity contribution in [3.05, 3.63) is 108 Å². The fourth-order valence-electron chi connectivity index (χ4n) is 3.35. The monoisotopic (exact) mass is 343 g/mol. The highest BCUT2D eigenvalue weighted by Crippen LogP contribution is 2.38. The first kappa shape index (κ1) is 17.6. The SMILES string of the molecule is NC(=O)CC(c1ccccc1)C(C(=O)c1ccccc1)c1ccccc1. The molecule has 0 saturated carbocycles. The zero-order valence-electron chi connectivity index (χ0n) is 14.4. The Morgan fingerprint density at radius 1 is 0.692 bits per heavy atom. The minimum absolute atomic E-state index is 0.00750. The summed E-state index contributed by atoms with van der Waals surface area (Å²) in [6.07, 6.45) is 0.113. The molecule has 2 atom stereocenters. The predicted molar refractivity (Wildman–Crippen MR) is 103 cm³/mol. The Balaban J connectivity index is 2.11. The molecule has 0 spiro atoms. The molecular weight excluding hydrogens is 322 g/mol. The van der Waals surface area contributed by atoms with Crippen LogP contribution in [0, 0.1) is 0 Å². The maximum atomic E-state index is 13.4. The summed E-state index contributed by atoms with van der Waals surface area (Å²) in [5.74, 6) is -1.22. The average Bonchev–Trinajstić information content (AvgIpc) is 2.69. The summed E-state index contributed by atoms with van der Waals surface area (Å²) in [5, 5.41) is 0. The Bertz CT molecular complexity index is 860. The van der Waals surface area contributed by atoms with Gasteiger partial charge in [0.1, 0.15) is 0 Å². The highest BCUT2D eigenvalue weighted by atomic mass is 16.1. The van der Waals surface area contributed by atoms with E-state index in [-0.39, 0.29) is 18.1 Å². The van der Waals surface area contributed by atoms with Crippen LogP contribution < -0.4 is 5.73 Å². The molecule has 2 N–H and O–H groups in total. The molecule has 130 valence electrons. The number of nitrogens with two attached hydrogens (primary N) is 1. The molecule has 0 aromatic heterocycles. The fraction of sp³-hybridized carbons (Fsp3) is 0.130. The van der Waals surface area contributed by atoms with Crippen molar-refractivity contribution in [1.82, 2.24) is 0 Å². The van der Waals surface area contributed by atoms with E-state index in [4.69, 9.17) is 5.73 Å². The molecule has 0 radical (unpaired) electrons. The minimum atomic E-state index is -0.478. The second-order valence-corrected chi connectivity index (χ2v) is 6.31. The van der Waals surface area contributed by atoms with Crippen molar-refractivity contribution in [2.45, 2.75) is 18.3 Å². The largest absolute Gasteiger partial charge is 0.370 e. The second kappa shape index (κ2) is 8.26. The summed E-state index contributed by atoms with van der Waals surface area (Å²) in [4.78, 5) is 25.2.